The Morgan fingerprint density at radius 2 is 2.10 bits per heavy atom. The third kappa shape index (κ3) is 2.32. The van der Waals surface area contributed by atoms with E-state index in [4.69, 9.17) is 9.84 Å². The molecule has 4 nitrogen and oxygen atoms in total. The first-order valence-corrected chi connectivity index (χ1v) is 6.95. The number of rotatable bonds is 3. The number of benzene rings is 2. The van der Waals surface area contributed by atoms with Gasteiger partial charge in [-0.2, -0.15) is 0 Å². The van der Waals surface area contributed by atoms with Crippen LogP contribution in [0.3, 0.4) is 0 Å². The van der Waals surface area contributed by atoms with Gasteiger partial charge in [0, 0.05) is 15.9 Å². The van der Waals surface area contributed by atoms with Crippen LogP contribution in [0.5, 0.6) is 5.75 Å². The topological polar surface area (TPSA) is 58.6 Å². The Morgan fingerprint density at radius 3 is 2.85 bits per heavy atom. The van der Waals surface area contributed by atoms with E-state index in [2.05, 4.69) is 5.32 Å². The molecule has 0 bridgehead atoms. The molecular formula is C15H13NO3S. The number of hydrogen-bond acceptors (Lipinski definition) is 4. The number of anilines is 2. The molecule has 1 heterocycles. The van der Waals surface area contributed by atoms with E-state index in [1.165, 1.54) is 0 Å². The van der Waals surface area contributed by atoms with E-state index in [9.17, 15) is 4.79 Å². The standard InChI is InChI=1S/C15H13NO3S/c1-19-10-6-9(7-14(17)18)15-12(8-10)16-11-4-2-3-5-13(11)20-15/h2-6,8,16H,7H2,1H3,(H,17,18). The highest BCUT2D eigenvalue weighted by atomic mass is 32.2. The first kappa shape index (κ1) is 12.9. The minimum absolute atomic E-state index is 0.0175. The summed E-state index contributed by atoms with van der Waals surface area (Å²) in [7, 11) is 1.58. The summed E-state index contributed by atoms with van der Waals surface area (Å²) in [5.41, 5.74) is 2.68. The first-order chi connectivity index (χ1) is 9.67. The Bertz CT molecular complexity index is 685. The maximum atomic E-state index is 11.0. The summed E-state index contributed by atoms with van der Waals surface area (Å²) in [6, 6.07) is 11.6. The van der Waals surface area contributed by atoms with Gasteiger partial charge in [-0.05, 0) is 23.8 Å². The monoisotopic (exact) mass is 287 g/mol. The number of carboxylic acids is 1. The molecule has 0 radical (unpaired) electrons. The van der Waals surface area contributed by atoms with Gasteiger partial charge in [0.2, 0.25) is 0 Å². The molecule has 2 N–H and O–H groups in total. The van der Waals surface area contributed by atoms with Gasteiger partial charge in [0.05, 0.1) is 24.9 Å². The number of aliphatic carboxylic acids is 1. The molecule has 3 rings (SSSR count). The van der Waals surface area contributed by atoms with Crippen molar-refractivity contribution in [3.63, 3.8) is 0 Å². The number of hydrogen-bond donors (Lipinski definition) is 2. The average molecular weight is 287 g/mol. The highest BCUT2D eigenvalue weighted by Gasteiger charge is 2.20. The molecule has 0 saturated heterocycles. The van der Waals surface area contributed by atoms with Gasteiger partial charge in [0.25, 0.3) is 0 Å². The smallest absolute Gasteiger partial charge is 0.307 e. The fourth-order valence-electron chi connectivity index (χ4n) is 2.20. The van der Waals surface area contributed by atoms with Crippen LogP contribution in [-0.4, -0.2) is 18.2 Å². The van der Waals surface area contributed by atoms with Gasteiger partial charge in [-0.1, -0.05) is 23.9 Å². The highest BCUT2D eigenvalue weighted by Crippen LogP contribution is 2.47. The van der Waals surface area contributed by atoms with Gasteiger partial charge in [0.15, 0.2) is 0 Å². The summed E-state index contributed by atoms with van der Waals surface area (Å²) in [6.45, 7) is 0. The Balaban J connectivity index is 2.09. The quantitative estimate of drug-likeness (QED) is 0.771. The number of fused-ring (bicyclic) bond motifs is 2. The largest absolute Gasteiger partial charge is 0.497 e. The van der Waals surface area contributed by atoms with Crippen molar-refractivity contribution in [3.05, 3.63) is 42.0 Å². The Morgan fingerprint density at radius 1 is 1.30 bits per heavy atom. The summed E-state index contributed by atoms with van der Waals surface area (Å²) in [5, 5.41) is 12.4. The number of carbonyl (C=O) groups is 1. The Labute approximate surface area is 120 Å². The fourth-order valence-corrected chi connectivity index (χ4v) is 3.28. The zero-order chi connectivity index (χ0) is 14.1. The second-order valence-electron chi connectivity index (χ2n) is 4.46. The lowest BCUT2D eigenvalue weighted by atomic mass is 10.1. The number of methoxy groups -OCH3 is 1. The van der Waals surface area contributed by atoms with E-state index in [-0.39, 0.29) is 6.42 Å². The summed E-state index contributed by atoms with van der Waals surface area (Å²) in [5.74, 6) is -0.188. The third-order valence-electron chi connectivity index (χ3n) is 3.09. The molecular weight excluding hydrogens is 274 g/mol. The van der Waals surface area contributed by atoms with Crippen LogP contribution < -0.4 is 10.1 Å². The molecule has 5 heteroatoms. The first-order valence-electron chi connectivity index (χ1n) is 6.14. The molecule has 0 amide bonds. The van der Waals surface area contributed by atoms with Gasteiger partial charge >= 0.3 is 5.97 Å². The Kier molecular flexibility index (Phi) is 3.28. The minimum Gasteiger partial charge on any atom is -0.497 e. The summed E-state index contributed by atoms with van der Waals surface area (Å²) < 4.78 is 5.25. The normalized spacial score (nSPS) is 12.1. The van der Waals surface area contributed by atoms with Crippen molar-refractivity contribution in [2.24, 2.45) is 0 Å². The summed E-state index contributed by atoms with van der Waals surface area (Å²) in [6.07, 6.45) is -0.0175. The molecule has 1 aliphatic heterocycles. The lowest BCUT2D eigenvalue weighted by Gasteiger charge is -2.23. The van der Waals surface area contributed by atoms with Crippen molar-refractivity contribution in [2.75, 3.05) is 12.4 Å². The predicted octanol–water partition coefficient (Wildman–Crippen LogP) is 3.53. The number of ether oxygens (including phenoxy) is 1. The zero-order valence-corrected chi connectivity index (χ0v) is 11.7. The number of nitrogens with one attached hydrogen (secondary N) is 1. The molecule has 0 aliphatic carbocycles. The molecule has 2 aromatic rings. The second-order valence-corrected chi connectivity index (χ2v) is 5.51. The lowest BCUT2D eigenvalue weighted by Crippen LogP contribution is -2.07. The molecule has 0 aromatic heterocycles. The zero-order valence-electron chi connectivity index (χ0n) is 10.8. The van der Waals surface area contributed by atoms with Crippen molar-refractivity contribution in [1.82, 2.24) is 0 Å². The predicted molar refractivity (Wildman–Crippen MR) is 78.2 cm³/mol. The van der Waals surface area contributed by atoms with Crippen molar-refractivity contribution in [3.8, 4) is 5.75 Å². The van der Waals surface area contributed by atoms with Gasteiger partial charge in [0.1, 0.15) is 5.75 Å². The molecule has 0 saturated carbocycles. The van der Waals surface area contributed by atoms with E-state index < -0.39 is 5.97 Å². The third-order valence-corrected chi connectivity index (χ3v) is 4.35. The average Bonchev–Trinajstić information content (AvgIpc) is 2.44. The van der Waals surface area contributed by atoms with Crippen LogP contribution in [0.2, 0.25) is 0 Å². The van der Waals surface area contributed by atoms with Gasteiger partial charge in [-0.3, -0.25) is 4.79 Å². The molecule has 0 fully saturated rings. The molecule has 0 spiro atoms. The number of para-hydroxylation sites is 1. The maximum Gasteiger partial charge on any atom is 0.307 e. The Hall–Kier alpha value is -2.14. The van der Waals surface area contributed by atoms with Crippen LogP contribution in [0, 0.1) is 0 Å². The van der Waals surface area contributed by atoms with E-state index in [0.717, 1.165) is 26.7 Å². The lowest BCUT2D eigenvalue weighted by molar-refractivity contribution is -0.136. The molecule has 2 aromatic carbocycles. The van der Waals surface area contributed by atoms with Crippen molar-refractivity contribution < 1.29 is 14.6 Å². The van der Waals surface area contributed by atoms with Crippen LogP contribution in [-0.2, 0) is 11.2 Å². The van der Waals surface area contributed by atoms with Crippen molar-refractivity contribution >= 4 is 29.1 Å². The van der Waals surface area contributed by atoms with Gasteiger partial charge < -0.3 is 15.2 Å². The van der Waals surface area contributed by atoms with E-state index >= 15 is 0 Å². The van der Waals surface area contributed by atoms with Crippen LogP contribution >= 0.6 is 11.8 Å². The molecule has 102 valence electrons. The molecule has 1 aliphatic rings. The molecule has 20 heavy (non-hydrogen) atoms. The van der Waals surface area contributed by atoms with Crippen LogP contribution in [0.15, 0.2) is 46.2 Å². The van der Waals surface area contributed by atoms with Crippen molar-refractivity contribution in [1.29, 1.82) is 0 Å². The number of carboxylic acid groups (broad SMARTS) is 1. The fraction of sp³-hybridized carbons (Fsp3) is 0.133. The van der Waals surface area contributed by atoms with Crippen molar-refractivity contribution in [2.45, 2.75) is 16.2 Å². The van der Waals surface area contributed by atoms with Crippen LogP contribution in [0.25, 0.3) is 0 Å². The van der Waals surface area contributed by atoms with E-state index in [0.29, 0.717) is 5.75 Å². The van der Waals surface area contributed by atoms with E-state index in [1.54, 1.807) is 24.9 Å². The minimum atomic E-state index is -0.847. The van der Waals surface area contributed by atoms with E-state index in [1.807, 2.05) is 30.3 Å². The van der Waals surface area contributed by atoms with Crippen LogP contribution in [0.1, 0.15) is 5.56 Å². The van der Waals surface area contributed by atoms with Gasteiger partial charge in [-0.15, -0.1) is 0 Å². The highest BCUT2D eigenvalue weighted by molar-refractivity contribution is 7.99. The molecule has 0 unspecified atom stereocenters. The maximum absolute atomic E-state index is 11.0. The van der Waals surface area contributed by atoms with Crippen LogP contribution in [0.4, 0.5) is 11.4 Å². The summed E-state index contributed by atoms with van der Waals surface area (Å²) >= 11 is 1.59. The second kappa shape index (κ2) is 5.09. The molecule has 0 atom stereocenters. The summed E-state index contributed by atoms with van der Waals surface area (Å²) in [4.78, 5) is 13.1. The van der Waals surface area contributed by atoms with Gasteiger partial charge in [-0.25, -0.2) is 0 Å². The SMILES string of the molecule is COc1cc(CC(=O)O)c2c(c1)Nc1ccccc1S2.